The van der Waals surface area contributed by atoms with E-state index in [0.717, 1.165) is 12.5 Å². The molecule has 1 fully saturated rings. The molecule has 1 aromatic heterocycles. The fourth-order valence-electron chi connectivity index (χ4n) is 2.49. The maximum absolute atomic E-state index is 5.57. The third-order valence-corrected chi connectivity index (χ3v) is 3.49. The first kappa shape index (κ1) is 14.3. The van der Waals surface area contributed by atoms with Gasteiger partial charge in [0, 0.05) is 19.7 Å². The first-order valence-electron chi connectivity index (χ1n) is 7.06. The molecule has 0 spiro atoms. The maximum Gasteiger partial charge on any atom is 0.315 e. The number of ether oxygens (including phenoxy) is 1. The first-order valence-corrected chi connectivity index (χ1v) is 7.06. The Kier molecular flexibility index (Phi) is 5.60. The molecule has 0 radical (unpaired) electrons. The highest BCUT2D eigenvalue weighted by atomic mass is 16.5. The van der Waals surface area contributed by atoms with Crippen LogP contribution in [0.2, 0.25) is 0 Å². The lowest BCUT2D eigenvalue weighted by molar-refractivity contribution is 0.198. The minimum atomic E-state index is 0.471. The summed E-state index contributed by atoms with van der Waals surface area (Å²) in [4.78, 5) is 0. The van der Waals surface area contributed by atoms with Crippen LogP contribution < -0.4 is 10.6 Å². The van der Waals surface area contributed by atoms with Crippen LogP contribution in [0.5, 0.6) is 0 Å². The summed E-state index contributed by atoms with van der Waals surface area (Å²) in [5.41, 5.74) is 0. The van der Waals surface area contributed by atoms with Gasteiger partial charge in [-0.25, -0.2) is 0 Å². The molecule has 0 saturated heterocycles. The molecule has 108 valence electrons. The highest BCUT2D eigenvalue weighted by molar-refractivity contribution is 5.19. The summed E-state index contributed by atoms with van der Waals surface area (Å²) in [7, 11) is 1.68. The number of aromatic nitrogens is 2. The third-order valence-electron chi connectivity index (χ3n) is 3.49. The monoisotopic (exact) mass is 268 g/mol. The summed E-state index contributed by atoms with van der Waals surface area (Å²) >= 11 is 0. The molecule has 2 rings (SSSR count). The number of hydrogen-bond donors (Lipinski definition) is 2. The van der Waals surface area contributed by atoms with E-state index in [1.54, 1.807) is 7.11 Å². The van der Waals surface area contributed by atoms with Gasteiger partial charge in [0.15, 0.2) is 0 Å². The number of nitrogens with zero attached hydrogens (tertiary/aromatic N) is 2. The minimum absolute atomic E-state index is 0.471. The molecule has 2 atom stereocenters. The van der Waals surface area contributed by atoms with Crippen LogP contribution in [0.25, 0.3) is 0 Å². The zero-order valence-corrected chi connectivity index (χ0v) is 11.8. The molecule has 6 nitrogen and oxygen atoms in total. The van der Waals surface area contributed by atoms with Gasteiger partial charge < -0.3 is 19.8 Å². The van der Waals surface area contributed by atoms with Gasteiger partial charge in [0.25, 0.3) is 0 Å². The molecule has 19 heavy (non-hydrogen) atoms. The SMILES string of the molecule is COCCNCc1nnc(NC2CCCC(C)C2)o1. The Balaban J connectivity index is 1.73. The van der Waals surface area contributed by atoms with Crippen LogP contribution in [0.1, 0.15) is 38.5 Å². The fraction of sp³-hybridized carbons (Fsp3) is 0.846. The highest BCUT2D eigenvalue weighted by Gasteiger charge is 2.20. The van der Waals surface area contributed by atoms with E-state index in [1.165, 1.54) is 25.7 Å². The zero-order valence-electron chi connectivity index (χ0n) is 11.8. The lowest BCUT2D eigenvalue weighted by atomic mass is 9.87. The standard InChI is InChI=1S/C13H24N4O2/c1-10-4-3-5-11(8-10)15-13-17-16-12(19-13)9-14-6-7-18-2/h10-11,14H,3-9H2,1-2H3,(H,15,17). The Hall–Kier alpha value is -1.14. The number of nitrogens with one attached hydrogen (secondary N) is 2. The van der Waals surface area contributed by atoms with E-state index < -0.39 is 0 Å². The average molecular weight is 268 g/mol. The second-order valence-electron chi connectivity index (χ2n) is 5.28. The topological polar surface area (TPSA) is 72.2 Å². The lowest BCUT2D eigenvalue weighted by Crippen LogP contribution is -2.26. The highest BCUT2D eigenvalue weighted by Crippen LogP contribution is 2.25. The van der Waals surface area contributed by atoms with Gasteiger partial charge in [-0.2, -0.15) is 0 Å². The molecule has 0 aromatic carbocycles. The minimum Gasteiger partial charge on any atom is -0.407 e. The molecule has 0 aliphatic heterocycles. The van der Waals surface area contributed by atoms with E-state index in [0.29, 0.717) is 31.1 Å². The Morgan fingerprint density at radius 1 is 1.37 bits per heavy atom. The van der Waals surface area contributed by atoms with Crippen molar-refractivity contribution in [2.75, 3.05) is 25.6 Å². The second-order valence-corrected chi connectivity index (χ2v) is 5.28. The predicted octanol–water partition coefficient (Wildman–Crippen LogP) is 1.80. The average Bonchev–Trinajstić information content (AvgIpc) is 2.82. The molecule has 0 amide bonds. The Labute approximate surface area is 114 Å². The van der Waals surface area contributed by atoms with Gasteiger partial charge in [0.2, 0.25) is 5.89 Å². The van der Waals surface area contributed by atoms with Gasteiger partial charge in [-0.15, -0.1) is 5.10 Å². The summed E-state index contributed by atoms with van der Waals surface area (Å²) in [5, 5.41) is 14.6. The molecule has 1 aromatic rings. The summed E-state index contributed by atoms with van der Waals surface area (Å²) in [6.45, 7) is 4.34. The molecule has 2 N–H and O–H groups in total. The second kappa shape index (κ2) is 7.45. The Morgan fingerprint density at radius 3 is 3.05 bits per heavy atom. The zero-order chi connectivity index (χ0) is 13.5. The van der Waals surface area contributed by atoms with E-state index >= 15 is 0 Å². The molecule has 1 aliphatic rings. The van der Waals surface area contributed by atoms with E-state index in [1.807, 2.05) is 0 Å². The van der Waals surface area contributed by atoms with Gasteiger partial charge in [0.05, 0.1) is 13.2 Å². The molecule has 1 aliphatic carbocycles. The van der Waals surface area contributed by atoms with Crippen molar-refractivity contribution in [2.45, 2.75) is 45.2 Å². The van der Waals surface area contributed by atoms with Gasteiger partial charge in [-0.3, -0.25) is 0 Å². The van der Waals surface area contributed by atoms with Crippen molar-refractivity contribution in [2.24, 2.45) is 5.92 Å². The largest absolute Gasteiger partial charge is 0.407 e. The van der Waals surface area contributed by atoms with Gasteiger partial charge >= 0.3 is 6.01 Å². The fourth-order valence-corrected chi connectivity index (χ4v) is 2.49. The van der Waals surface area contributed by atoms with E-state index in [2.05, 4.69) is 27.8 Å². The van der Waals surface area contributed by atoms with E-state index in [4.69, 9.17) is 9.15 Å². The summed E-state index contributed by atoms with van der Waals surface area (Å²) in [5.74, 6) is 1.40. The van der Waals surface area contributed by atoms with E-state index in [9.17, 15) is 0 Å². The van der Waals surface area contributed by atoms with Crippen LogP contribution in [0.3, 0.4) is 0 Å². The van der Waals surface area contributed by atoms with Gasteiger partial charge in [0.1, 0.15) is 0 Å². The molecule has 2 unspecified atom stereocenters. The van der Waals surface area contributed by atoms with Crippen LogP contribution >= 0.6 is 0 Å². The first-order chi connectivity index (χ1) is 9.28. The van der Waals surface area contributed by atoms with E-state index in [-0.39, 0.29) is 0 Å². The van der Waals surface area contributed by atoms with Crippen molar-refractivity contribution in [1.29, 1.82) is 0 Å². The van der Waals surface area contributed by atoms with Crippen LogP contribution in [0.4, 0.5) is 6.01 Å². The van der Waals surface area contributed by atoms with Crippen LogP contribution in [-0.4, -0.2) is 36.5 Å². The molecule has 6 heteroatoms. The quantitative estimate of drug-likeness (QED) is 0.735. The van der Waals surface area contributed by atoms with Crippen molar-refractivity contribution in [1.82, 2.24) is 15.5 Å². The number of rotatable bonds is 7. The van der Waals surface area contributed by atoms with Crippen LogP contribution in [0.15, 0.2) is 4.42 Å². The molecular formula is C13H24N4O2. The molecule has 1 saturated carbocycles. The lowest BCUT2D eigenvalue weighted by Gasteiger charge is -2.26. The third kappa shape index (κ3) is 4.80. The van der Waals surface area contributed by atoms with Crippen molar-refractivity contribution < 1.29 is 9.15 Å². The number of methoxy groups -OCH3 is 1. The van der Waals surface area contributed by atoms with Gasteiger partial charge in [-0.05, 0) is 18.8 Å². The molecular weight excluding hydrogens is 244 g/mol. The Morgan fingerprint density at radius 2 is 2.26 bits per heavy atom. The smallest absolute Gasteiger partial charge is 0.315 e. The summed E-state index contributed by atoms with van der Waals surface area (Å²) < 4.78 is 10.5. The maximum atomic E-state index is 5.57. The molecule has 0 bridgehead atoms. The Bertz CT molecular complexity index is 369. The van der Waals surface area contributed by atoms with Crippen molar-refractivity contribution in [3.63, 3.8) is 0 Å². The number of anilines is 1. The van der Waals surface area contributed by atoms with Gasteiger partial charge in [-0.1, -0.05) is 24.9 Å². The van der Waals surface area contributed by atoms with Crippen molar-refractivity contribution in [3.05, 3.63) is 5.89 Å². The summed E-state index contributed by atoms with van der Waals surface area (Å²) in [6, 6.07) is 1.01. The summed E-state index contributed by atoms with van der Waals surface area (Å²) in [6.07, 6.45) is 4.98. The van der Waals surface area contributed by atoms with Crippen molar-refractivity contribution >= 4 is 6.01 Å². The molecule has 1 heterocycles. The van der Waals surface area contributed by atoms with Crippen LogP contribution in [-0.2, 0) is 11.3 Å². The van der Waals surface area contributed by atoms with Crippen molar-refractivity contribution in [3.8, 4) is 0 Å². The normalized spacial score (nSPS) is 23.5. The number of hydrogen-bond acceptors (Lipinski definition) is 6. The van der Waals surface area contributed by atoms with Crippen LogP contribution in [0, 0.1) is 5.92 Å². The predicted molar refractivity (Wildman–Crippen MR) is 72.9 cm³/mol.